The molecule has 0 aliphatic rings. The quantitative estimate of drug-likeness (QED) is 0.0655. The maximum atomic E-state index is 12.7. The lowest BCUT2D eigenvalue weighted by Crippen LogP contribution is -3.00. The minimum atomic E-state index is -0.186. The molecule has 8 nitrogen and oxygen atoms in total. The number of guanidine groups is 1. The normalized spacial score (nSPS) is 10.6. The van der Waals surface area contributed by atoms with Crippen molar-refractivity contribution in [3.05, 3.63) is 96.2 Å². The van der Waals surface area contributed by atoms with Crippen molar-refractivity contribution in [1.82, 2.24) is 0 Å². The number of amides is 1. The number of para-hydroxylation sites is 1. The maximum absolute atomic E-state index is 12.7. The summed E-state index contributed by atoms with van der Waals surface area (Å²) in [5.74, 6) is -0.162. The fourth-order valence-electron chi connectivity index (χ4n) is 3.55. The fourth-order valence-corrected chi connectivity index (χ4v) is 3.55. The number of benzene rings is 3. The summed E-state index contributed by atoms with van der Waals surface area (Å²) in [5, 5.41) is 14.1. The number of pyridine rings is 1. The van der Waals surface area contributed by atoms with E-state index < -0.39 is 0 Å². The number of halogens is 2. The van der Waals surface area contributed by atoms with Crippen molar-refractivity contribution in [2.24, 2.45) is 23.6 Å². The van der Waals surface area contributed by atoms with Gasteiger partial charge in [-0.05, 0) is 55.0 Å². The van der Waals surface area contributed by atoms with E-state index >= 15 is 0 Å². The van der Waals surface area contributed by atoms with E-state index in [9.17, 15) is 4.79 Å². The van der Waals surface area contributed by atoms with Crippen LogP contribution in [0.1, 0.15) is 22.8 Å². The number of nitrogens with two attached hydrogens (primary N) is 2. The number of rotatable bonds is 6. The molecule has 0 aliphatic carbocycles. The smallest absolute Gasteiger partial charge is 0.362 e. The van der Waals surface area contributed by atoms with Gasteiger partial charge in [0.05, 0.1) is 16.8 Å². The first-order chi connectivity index (χ1) is 16.4. The third kappa shape index (κ3) is 6.89. The molecular weight excluding hydrogens is 586 g/mol. The van der Waals surface area contributed by atoms with Gasteiger partial charge >= 0.3 is 5.96 Å². The standard InChI is InChI=1S/C26H25N7O.2BrH/c1-17(31-32-26(27)28)18-7-11-21(12-8-18)30-25(34)19-9-13-20(14-10-19)29-23-15-16-33(2)24-6-4-3-5-22(23)24;;/h3-16H,1-2H3,(H5,27,28,30,31,32,34);2*1H. The van der Waals surface area contributed by atoms with Gasteiger partial charge in [-0.2, -0.15) is 5.10 Å². The molecule has 4 rings (SSSR count). The minimum absolute atomic E-state index is 0. The monoisotopic (exact) mass is 611 g/mol. The number of hydrazone groups is 1. The van der Waals surface area contributed by atoms with Gasteiger partial charge in [0.25, 0.3) is 5.91 Å². The Balaban J connectivity index is 0.00000228. The molecule has 0 atom stereocenters. The van der Waals surface area contributed by atoms with Crippen molar-refractivity contribution in [2.45, 2.75) is 6.92 Å². The first kappa shape index (κ1) is 28.5. The molecule has 0 bridgehead atoms. The molecule has 0 aliphatic heterocycles. The summed E-state index contributed by atoms with van der Waals surface area (Å²) in [7, 11) is 2.02. The zero-order valence-corrected chi connectivity index (χ0v) is 23.0. The highest BCUT2D eigenvalue weighted by Crippen LogP contribution is 2.24. The highest BCUT2D eigenvalue weighted by Gasteiger charge is 2.10. The second-order valence-electron chi connectivity index (χ2n) is 7.86. The lowest BCUT2D eigenvalue weighted by Gasteiger charge is -2.10. The fraction of sp³-hybridized carbons (Fsp3) is 0.0769. The predicted molar refractivity (Wildman–Crippen MR) is 136 cm³/mol. The van der Waals surface area contributed by atoms with Crippen LogP contribution in [0.3, 0.4) is 0 Å². The molecule has 7 N–H and O–H groups in total. The van der Waals surface area contributed by atoms with Crippen LogP contribution < -0.4 is 65.7 Å². The SMILES string of the molecule is C/C(=N\[NH+]=C(N)N)c1ccc(NC(=O)c2ccc(Nc3cc[n+](C)c4ccccc34)cc2)cc1.[Br-].[Br-]. The number of aromatic nitrogens is 1. The molecule has 36 heavy (non-hydrogen) atoms. The van der Waals surface area contributed by atoms with E-state index in [0.29, 0.717) is 17.0 Å². The molecule has 0 saturated carbocycles. The summed E-state index contributed by atoms with van der Waals surface area (Å²) in [6.45, 7) is 1.83. The van der Waals surface area contributed by atoms with Crippen LogP contribution in [0.4, 0.5) is 17.1 Å². The second-order valence-corrected chi connectivity index (χ2v) is 7.86. The number of nitrogens with zero attached hydrogens (tertiary/aromatic N) is 2. The van der Waals surface area contributed by atoms with Gasteiger partial charge in [-0.15, -0.1) is 5.10 Å². The second kappa shape index (κ2) is 12.8. The number of carbonyl (C=O) groups excluding carboxylic acids is 1. The van der Waals surface area contributed by atoms with E-state index in [4.69, 9.17) is 11.5 Å². The summed E-state index contributed by atoms with van der Waals surface area (Å²) < 4.78 is 2.08. The van der Waals surface area contributed by atoms with Gasteiger partial charge in [0.2, 0.25) is 5.52 Å². The van der Waals surface area contributed by atoms with Gasteiger partial charge in [0.15, 0.2) is 6.20 Å². The number of fused-ring (bicyclic) bond motifs is 1. The number of hydrogen-bond donors (Lipinski definition) is 5. The molecule has 0 spiro atoms. The molecule has 1 amide bonds. The van der Waals surface area contributed by atoms with E-state index in [-0.39, 0.29) is 45.8 Å². The molecule has 1 aromatic heterocycles. The van der Waals surface area contributed by atoms with Crippen molar-refractivity contribution in [2.75, 3.05) is 10.6 Å². The van der Waals surface area contributed by atoms with Gasteiger partial charge in [-0.3, -0.25) is 16.3 Å². The Morgan fingerprint density at radius 3 is 2.14 bits per heavy atom. The number of nitrogens with one attached hydrogen (secondary N) is 3. The Bertz CT molecular complexity index is 1400. The van der Waals surface area contributed by atoms with Crippen molar-refractivity contribution in [3.8, 4) is 0 Å². The maximum Gasteiger partial charge on any atom is 0.362 e. The van der Waals surface area contributed by atoms with Crippen LogP contribution in [0.25, 0.3) is 10.9 Å². The van der Waals surface area contributed by atoms with E-state index in [2.05, 4.69) is 37.5 Å². The van der Waals surface area contributed by atoms with E-state index in [0.717, 1.165) is 27.8 Å². The Morgan fingerprint density at radius 2 is 1.47 bits per heavy atom. The molecule has 0 fully saturated rings. The lowest BCUT2D eigenvalue weighted by molar-refractivity contribution is -0.644. The van der Waals surface area contributed by atoms with Gasteiger partial charge in [-0.25, -0.2) is 4.57 Å². The largest absolute Gasteiger partial charge is 1.00 e. The molecule has 186 valence electrons. The lowest BCUT2D eigenvalue weighted by atomic mass is 10.1. The van der Waals surface area contributed by atoms with Gasteiger partial charge in [-0.1, -0.05) is 24.3 Å². The van der Waals surface area contributed by atoms with Crippen LogP contribution in [-0.4, -0.2) is 17.6 Å². The highest BCUT2D eigenvalue weighted by atomic mass is 79.9. The molecular formula is C26H27Br2N7O. The number of aryl methyl sites for hydroxylation is 1. The van der Waals surface area contributed by atoms with Crippen LogP contribution >= 0.6 is 0 Å². The summed E-state index contributed by atoms with van der Waals surface area (Å²) in [6.07, 6.45) is 2.02. The summed E-state index contributed by atoms with van der Waals surface area (Å²) in [5.41, 5.74) is 16.6. The third-order valence-corrected chi connectivity index (χ3v) is 5.38. The zero-order valence-electron chi connectivity index (χ0n) is 19.8. The summed E-state index contributed by atoms with van der Waals surface area (Å²) in [4.78, 5) is 12.7. The first-order valence-electron chi connectivity index (χ1n) is 10.7. The number of carbonyl (C=O) groups is 1. The molecule has 0 radical (unpaired) electrons. The van der Waals surface area contributed by atoms with E-state index in [1.807, 2.05) is 74.8 Å². The molecule has 10 heteroatoms. The van der Waals surface area contributed by atoms with Gasteiger partial charge in [0.1, 0.15) is 7.05 Å². The topological polar surface area (TPSA) is 123 Å². The molecule has 4 aromatic rings. The first-order valence-corrected chi connectivity index (χ1v) is 10.7. The van der Waals surface area contributed by atoms with Crippen LogP contribution in [0.5, 0.6) is 0 Å². The zero-order chi connectivity index (χ0) is 24.1. The highest BCUT2D eigenvalue weighted by molar-refractivity contribution is 6.05. The van der Waals surface area contributed by atoms with Crippen LogP contribution in [0.2, 0.25) is 0 Å². The average molecular weight is 613 g/mol. The van der Waals surface area contributed by atoms with Crippen molar-refractivity contribution in [3.63, 3.8) is 0 Å². The van der Waals surface area contributed by atoms with Crippen molar-refractivity contribution in [1.29, 1.82) is 0 Å². The third-order valence-electron chi connectivity index (χ3n) is 5.38. The van der Waals surface area contributed by atoms with Crippen molar-refractivity contribution < 1.29 is 48.4 Å². The van der Waals surface area contributed by atoms with E-state index in [1.165, 1.54) is 0 Å². The molecule has 1 heterocycles. The summed E-state index contributed by atoms with van der Waals surface area (Å²) in [6, 6.07) is 25.0. The Labute approximate surface area is 230 Å². The van der Waals surface area contributed by atoms with Crippen LogP contribution in [0.15, 0.2) is 90.2 Å². The van der Waals surface area contributed by atoms with E-state index in [1.54, 1.807) is 12.1 Å². The predicted octanol–water partition coefficient (Wildman–Crippen LogP) is -4.25. The van der Waals surface area contributed by atoms with Gasteiger partial charge in [0, 0.05) is 29.1 Å². The average Bonchev–Trinajstić information content (AvgIpc) is 2.85. The molecule has 3 aromatic carbocycles. The number of anilines is 3. The van der Waals surface area contributed by atoms with Gasteiger partial charge < -0.3 is 44.6 Å². The number of hydrogen-bond acceptors (Lipinski definition) is 3. The van der Waals surface area contributed by atoms with Crippen LogP contribution in [-0.2, 0) is 7.05 Å². The van der Waals surface area contributed by atoms with Crippen molar-refractivity contribution >= 4 is 45.5 Å². The molecule has 0 unspecified atom stereocenters. The molecule has 0 saturated heterocycles. The Kier molecular flexibility index (Phi) is 10.1. The Hall–Kier alpha value is -3.76. The summed E-state index contributed by atoms with van der Waals surface area (Å²) >= 11 is 0. The van der Waals surface area contributed by atoms with Crippen LogP contribution in [0, 0.1) is 0 Å². The Morgan fingerprint density at radius 1 is 0.861 bits per heavy atom. The minimum Gasteiger partial charge on any atom is -1.00 e.